The maximum absolute atomic E-state index is 12.7. The van der Waals surface area contributed by atoms with Gasteiger partial charge in [0.25, 0.3) is 5.91 Å². The summed E-state index contributed by atoms with van der Waals surface area (Å²) in [5.74, 6) is 0.329. The number of carbonyl (C=O) groups is 2. The molecular weight excluding hydrogens is 294 g/mol. The first kappa shape index (κ1) is 15.6. The Hall–Kier alpha value is -2.30. The number of amides is 1. The number of esters is 1. The van der Waals surface area contributed by atoms with E-state index in [9.17, 15) is 9.59 Å². The van der Waals surface area contributed by atoms with Gasteiger partial charge in [-0.3, -0.25) is 9.59 Å². The molecule has 0 aromatic heterocycles. The van der Waals surface area contributed by atoms with E-state index in [2.05, 4.69) is 0 Å². The third-order valence-electron chi connectivity index (χ3n) is 4.24. The summed E-state index contributed by atoms with van der Waals surface area (Å²) in [7, 11) is 0. The number of hydrogen-bond acceptors (Lipinski definition) is 4. The molecule has 2 heterocycles. The van der Waals surface area contributed by atoms with E-state index in [0.717, 1.165) is 24.2 Å². The van der Waals surface area contributed by atoms with Crippen LogP contribution in [0.5, 0.6) is 5.75 Å². The van der Waals surface area contributed by atoms with Crippen molar-refractivity contribution in [2.45, 2.75) is 19.8 Å². The molecule has 0 aliphatic carbocycles. The van der Waals surface area contributed by atoms with E-state index in [0.29, 0.717) is 25.3 Å². The normalized spacial score (nSPS) is 20.1. The lowest BCUT2D eigenvalue weighted by atomic mass is 9.97. The van der Waals surface area contributed by atoms with Crippen molar-refractivity contribution in [2.75, 3.05) is 26.3 Å². The highest BCUT2D eigenvalue weighted by Crippen LogP contribution is 2.27. The van der Waals surface area contributed by atoms with E-state index in [1.165, 1.54) is 0 Å². The van der Waals surface area contributed by atoms with Crippen LogP contribution in [0.3, 0.4) is 0 Å². The van der Waals surface area contributed by atoms with E-state index in [1.807, 2.05) is 30.3 Å². The number of piperidine rings is 1. The van der Waals surface area contributed by atoms with Gasteiger partial charge >= 0.3 is 5.97 Å². The van der Waals surface area contributed by atoms with Crippen LogP contribution in [0.25, 0.3) is 6.08 Å². The maximum atomic E-state index is 12.7. The quantitative estimate of drug-likeness (QED) is 0.803. The number of hydrogen-bond donors (Lipinski definition) is 0. The van der Waals surface area contributed by atoms with Gasteiger partial charge < -0.3 is 14.4 Å². The van der Waals surface area contributed by atoms with Crippen LogP contribution in [0.4, 0.5) is 0 Å². The lowest BCUT2D eigenvalue weighted by Crippen LogP contribution is -2.44. The van der Waals surface area contributed by atoms with Crippen molar-refractivity contribution in [1.82, 2.24) is 4.90 Å². The SMILES string of the molecule is CCOC(=O)C1CCCN(C(=O)C2=Cc3ccccc3OC2)C1. The number of nitrogens with zero attached hydrogens (tertiary/aromatic N) is 1. The molecule has 122 valence electrons. The Morgan fingerprint density at radius 1 is 1.35 bits per heavy atom. The van der Waals surface area contributed by atoms with Gasteiger partial charge in [-0.05, 0) is 31.9 Å². The summed E-state index contributed by atoms with van der Waals surface area (Å²) in [5, 5.41) is 0. The van der Waals surface area contributed by atoms with Gasteiger partial charge in [-0.2, -0.15) is 0 Å². The Kier molecular flexibility index (Phi) is 4.65. The predicted molar refractivity (Wildman–Crippen MR) is 85.9 cm³/mol. The van der Waals surface area contributed by atoms with E-state index < -0.39 is 0 Å². The highest BCUT2D eigenvalue weighted by atomic mass is 16.5. The fraction of sp³-hybridized carbons (Fsp3) is 0.444. The molecule has 0 N–H and O–H groups in total. The second kappa shape index (κ2) is 6.86. The molecule has 2 aliphatic heterocycles. The molecule has 23 heavy (non-hydrogen) atoms. The number of likely N-dealkylation sites (tertiary alicyclic amines) is 1. The van der Waals surface area contributed by atoms with Gasteiger partial charge in [-0.1, -0.05) is 18.2 Å². The highest BCUT2D eigenvalue weighted by molar-refractivity contribution is 5.99. The van der Waals surface area contributed by atoms with Crippen molar-refractivity contribution in [3.8, 4) is 5.75 Å². The van der Waals surface area contributed by atoms with Crippen molar-refractivity contribution in [3.05, 3.63) is 35.4 Å². The standard InChI is InChI=1S/C18H21NO4/c1-2-22-18(21)14-7-5-9-19(11-14)17(20)15-10-13-6-3-4-8-16(13)23-12-15/h3-4,6,8,10,14H,2,5,7,9,11-12H2,1H3. The van der Waals surface area contributed by atoms with Crippen LogP contribution in [0, 0.1) is 5.92 Å². The second-order valence-corrected chi connectivity index (χ2v) is 5.84. The molecule has 1 aromatic carbocycles. The lowest BCUT2D eigenvalue weighted by molar-refractivity contribution is -0.150. The maximum Gasteiger partial charge on any atom is 0.310 e. The van der Waals surface area contributed by atoms with Gasteiger partial charge in [-0.15, -0.1) is 0 Å². The minimum absolute atomic E-state index is 0.0477. The summed E-state index contributed by atoms with van der Waals surface area (Å²) in [6.45, 7) is 3.55. The number of rotatable bonds is 3. The van der Waals surface area contributed by atoms with E-state index >= 15 is 0 Å². The molecule has 1 saturated heterocycles. The molecule has 1 aromatic rings. The van der Waals surface area contributed by atoms with Crippen molar-refractivity contribution in [1.29, 1.82) is 0 Å². The minimum Gasteiger partial charge on any atom is -0.488 e. The number of benzene rings is 1. The van der Waals surface area contributed by atoms with Crippen LogP contribution in [0.15, 0.2) is 29.8 Å². The minimum atomic E-state index is -0.218. The molecule has 5 nitrogen and oxygen atoms in total. The third-order valence-corrected chi connectivity index (χ3v) is 4.24. The lowest BCUT2D eigenvalue weighted by Gasteiger charge is -2.32. The highest BCUT2D eigenvalue weighted by Gasteiger charge is 2.31. The molecule has 0 saturated carbocycles. The van der Waals surface area contributed by atoms with Crippen LogP contribution in [-0.2, 0) is 14.3 Å². The number of ether oxygens (including phenoxy) is 2. The van der Waals surface area contributed by atoms with Gasteiger partial charge in [0.15, 0.2) is 0 Å². The molecule has 0 spiro atoms. The van der Waals surface area contributed by atoms with Crippen molar-refractivity contribution < 1.29 is 19.1 Å². The van der Waals surface area contributed by atoms with Gasteiger partial charge in [0, 0.05) is 18.7 Å². The second-order valence-electron chi connectivity index (χ2n) is 5.84. The predicted octanol–water partition coefficient (Wildman–Crippen LogP) is 2.26. The fourth-order valence-corrected chi connectivity index (χ4v) is 3.06. The van der Waals surface area contributed by atoms with Gasteiger partial charge in [-0.25, -0.2) is 0 Å². The first-order valence-electron chi connectivity index (χ1n) is 8.07. The monoisotopic (exact) mass is 315 g/mol. The van der Waals surface area contributed by atoms with Crippen LogP contribution in [-0.4, -0.2) is 43.1 Å². The molecular formula is C18H21NO4. The molecule has 3 rings (SSSR count). The molecule has 1 fully saturated rings. The molecule has 1 amide bonds. The third kappa shape index (κ3) is 3.38. The van der Waals surface area contributed by atoms with Gasteiger partial charge in [0.2, 0.25) is 0 Å². The number of para-hydroxylation sites is 1. The fourth-order valence-electron chi connectivity index (χ4n) is 3.06. The molecule has 1 unspecified atom stereocenters. The average molecular weight is 315 g/mol. The zero-order valence-electron chi connectivity index (χ0n) is 13.3. The summed E-state index contributed by atoms with van der Waals surface area (Å²) >= 11 is 0. The Morgan fingerprint density at radius 3 is 3.00 bits per heavy atom. The topological polar surface area (TPSA) is 55.8 Å². The summed E-state index contributed by atoms with van der Waals surface area (Å²) in [5.41, 5.74) is 1.55. The largest absolute Gasteiger partial charge is 0.488 e. The van der Waals surface area contributed by atoms with E-state index in [4.69, 9.17) is 9.47 Å². The van der Waals surface area contributed by atoms with E-state index in [-0.39, 0.29) is 24.4 Å². The van der Waals surface area contributed by atoms with Crippen LogP contribution < -0.4 is 4.74 Å². The summed E-state index contributed by atoms with van der Waals surface area (Å²) in [6, 6.07) is 7.65. The van der Waals surface area contributed by atoms with Crippen molar-refractivity contribution in [2.24, 2.45) is 5.92 Å². The molecule has 0 bridgehead atoms. The molecule has 0 radical (unpaired) electrons. The summed E-state index contributed by atoms with van der Waals surface area (Å²) in [6.07, 6.45) is 3.48. The molecule has 1 atom stereocenters. The van der Waals surface area contributed by atoms with E-state index in [1.54, 1.807) is 11.8 Å². The summed E-state index contributed by atoms with van der Waals surface area (Å²) in [4.78, 5) is 26.4. The molecule has 5 heteroatoms. The first-order valence-corrected chi connectivity index (χ1v) is 8.07. The zero-order valence-corrected chi connectivity index (χ0v) is 13.3. The first-order chi connectivity index (χ1) is 11.2. The average Bonchev–Trinajstić information content (AvgIpc) is 2.61. The van der Waals surface area contributed by atoms with Crippen LogP contribution in [0.2, 0.25) is 0 Å². The smallest absolute Gasteiger partial charge is 0.310 e. The Balaban J connectivity index is 1.71. The number of carbonyl (C=O) groups excluding carboxylic acids is 2. The zero-order chi connectivity index (χ0) is 16.2. The Labute approximate surface area is 135 Å². The number of fused-ring (bicyclic) bond motifs is 1. The van der Waals surface area contributed by atoms with Gasteiger partial charge in [0.1, 0.15) is 12.4 Å². The van der Waals surface area contributed by atoms with Crippen LogP contribution in [0.1, 0.15) is 25.3 Å². The van der Waals surface area contributed by atoms with Crippen molar-refractivity contribution in [3.63, 3.8) is 0 Å². The Morgan fingerprint density at radius 2 is 2.17 bits per heavy atom. The van der Waals surface area contributed by atoms with Crippen LogP contribution >= 0.6 is 0 Å². The Bertz CT molecular complexity index is 638. The van der Waals surface area contributed by atoms with Crippen molar-refractivity contribution >= 4 is 18.0 Å². The summed E-state index contributed by atoms with van der Waals surface area (Å²) < 4.78 is 10.7. The van der Waals surface area contributed by atoms with Gasteiger partial charge in [0.05, 0.1) is 18.1 Å². The molecule has 2 aliphatic rings.